The van der Waals surface area contributed by atoms with Crippen molar-refractivity contribution in [1.29, 1.82) is 0 Å². The first kappa shape index (κ1) is 14.8. The number of piperazine rings is 1. The number of benzene rings is 1. The van der Waals surface area contributed by atoms with Gasteiger partial charge < -0.3 is 0 Å². The Bertz CT molecular complexity index is 485. The monoisotopic (exact) mass is 302 g/mol. The molecule has 0 aliphatic carbocycles. The summed E-state index contributed by atoms with van der Waals surface area (Å²) in [6, 6.07) is 9.32. The number of nitrogens with zero attached hydrogens (tertiary/aromatic N) is 2. The van der Waals surface area contributed by atoms with Gasteiger partial charge in [-0.15, -0.1) is 11.6 Å². The fourth-order valence-electron chi connectivity index (χ4n) is 2.23. The van der Waals surface area contributed by atoms with Crippen molar-refractivity contribution in [3.05, 3.63) is 35.9 Å². The second-order valence-electron chi connectivity index (χ2n) is 4.67. The second-order valence-corrected chi connectivity index (χ2v) is 7.02. The Kier molecular flexibility index (Phi) is 5.21. The molecule has 0 unspecified atom stereocenters. The maximum Gasteiger partial charge on any atom is 0.218 e. The molecule has 1 aromatic rings. The summed E-state index contributed by atoms with van der Waals surface area (Å²) >= 11 is 5.69. The van der Waals surface area contributed by atoms with E-state index in [0.29, 0.717) is 19.0 Å². The third-order valence-corrected chi connectivity index (χ3v) is 5.34. The third kappa shape index (κ3) is 4.18. The van der Waals surface area contributed by atoms with Crippen LogP contribution in [0.3, 0.4) is 0 Å². The van der Waals surface area contributed by atoms with Gasteiger partial charge in [0.25, 0.3) is 0 Å². The fourth-order valence-corrected chi connectivity index (χ4v) is 3.98. The van der Waals surface area contributed by atoms with Gasteiger partial charge in [-0.1, -0.05) is 30.3 Å². The summed E-state index contributed by atoms with van der Waals surface area (Å²) in [6.07, 6.45) is 0. The van der Waals surface area contributed by atoms with E-state index >= 15 is 0 Å². The van der Waals surface area contributed by atoms with Gasteiger partial charge in [-0.2, -0.15) is 4.31 Å². The van der Waals surface area contributed by atoms with Gasteiger partial charge in [0, 0.05) is 38.6 Å². The summed E-state index contributed by atoms with van der Waals surface area (Å²) in [7, 11) is -3.20. The Morgan fingerprint density at radius 1 is 1.05 bits per heavy atom. The van der Waals surface area contributed by atoms with Crippen LogP contribution in [-0.4, -0.2) is 56.2 Å². The van der Waals surface area contributed by atoms with Crippen molar-refractivity contribution >= 4 is 21.6 Å². The van der Waals surface area contributed by atoms with Crippen molar-refractivity contribution in [2.24, 2.45) is 0 Å². The van der Waals surface area contributed by atoms with E-state index in [1.807, 2.05) is 30.3 Å². The van der Waals surface area contributed by atoms with Gasteiger partial charge in [0.2, 0.25) is 10.0 Å². The number of halogens is 1. The molecule has 4 nitrogen and oxygen atoms in total. The molecule has 1 aromatic carbocycles. The molecule has 1 aliphatic rings. The summed E-state index contributed by atoms with van der Waals surface area (Å²) in [5.74, 6) is 0.681. The molecule has 0 amide bonds. The Hall–Kier alpha value is -0.620. The summed E-state index contributed by atoms with van der Waals surface area (Å²) in [4.78, 5) is 2.20. The van der Waals surface area contributed by atoms with Gasteiger partial charge in [-0.25, -0.2) is 8.42 Å². The van der Waals surface area contributed by atoms with Crippen LogP contribution in [0.2, 0.25) is 0 Å². The highest BCUT2D eigenvalue weighted by Gasteiger charge is 2.26. The highest BCUT2D eigenvalue weighted by Crippen LogP contribution is 2.13. The molecular weight excluding hydrogens is 284 g/mol. The Balaban J connectivity index is 1.94. The number of hydrogen-bond acceptors (Lipinski definition) is 3. The molecule has 0 bridgehead atoms. The number of hydrogen-bond donors (Lipinski definition) is 0. The SMILES string of the molecule is O=S(=O)(Cc1ccccc1)N1CCN(CCCl)CC1. The zero-order valence-electron chi connectivity index (χ0n) is 10.8. The minimum absolute atomic E-state index is 0.0867. The van der Waals surface area contributed by atoms with E-state index in [0.717, 1.165) is 25.2 Å². The Morgan fingerprint density at radius 2 is 1.68 bits per heavy atom. The van der Waals surface area contributed by atoms with E-state index in [9.17, 15) is 8.42 Å². The first-order valence-corrected chi connectivity index (χ1v) is 8.56. The lowest BCUT2D eigenvalue weighted by molar-refractivity contribution is 0.197. The standard InChI is InChI=1S/C13H19ClN2O2S/c14-6-7-15-8-10-16(11-9-15)19(17,18)12-13-4-2-1-3-5-13/h1-5H,6-12H2. The minimum atomic E-state index is -3.20. The molecular formula is C13H19ClN2O2S. The molecule has 6 heteroatoms. The number of sulfonamides is 1. The van der Waals surface area contributed by atoms with Crippen molar-refractivity contribution in [3.8, 4) is 0 Å². The van der Waals surface area contributed by atoms with Gasteiger partial charge in [0.15, 0.2) is 0 Å². The van der Waals surface area contributed by atoms with E-state index in [1.54, 1.807) is 4.31 Å². The molecule has 0 N–H and O–H groups in total. The highest BCUT2D eigenvalue weighted by atomic mass is 35.5. The number of rotatable bonds is 5. The molecule has 0 aromatic heterocycles. The van der Waals surface area contributed by atoms with E-state index in [4.69, 9.17) is 11.6 Å². The van der Waals surface area contributed by atoms with Gasteiger partial charge in [-0.3, -0.25) is 4.90 Å². The summed E-state index contributed by atoms with van der Waals surface area (Å²) < 4.78 is 26.2. The van der Waals surface area contributed by atoms with Crippen molar-refractivity contribution in [1.82, 2.24) is 9.21 Å². The molecule has 1 aliphatic heterocycles. The molecule has 1 saturated heterocycles. The van der Waals surface area contributed by atoms with Crippen LogP contribution in [0.1, 0.15) is 5.56 Å². The smallest absolute Gasteiger partial charge is 0.218 e. The van der Waals surface area contributed by atoms with E-state index in [-0.39, 0.29) is 5.75 Å². The summed E-state index contributed by atoms with van der Waals surface area (Å²) in [6.45, 7) is 3.48. The Morgan fingerprint density at radius 3 is 2.26 bits per heavy atom. The maximum atomic E-state index is 12.3. The van der Waals surface area contributed by atoms with Crippen LogP contribution in [0.5, 0.6) is 0 Å². The van der Waals surface area contributed by atoms with Crippen molar-refractivity contribution in [2.75, 3.05) is 38.6 Å². The zero-order valence-corrected chi connectivity index (χ0v) is 12.4. The van der Waals surface area contributed by atoms with Crippen LogP contribution in [0.15, 0.2) is 30.3 Å². The summed E-state index contributed by atoms with van der Waals surface area (Å²) in [5, 5.41) is 0. The summed E-state index contributed by atoms with van der Waals surface area (Å²) in [5.41, 5.74) is 0.839. The lowest BCUT2D eigenvalue weighted by Crippen LogP contribution is -2.49. The number of alkyl halides is 1. The van der Waals surface area contributed by atoms with Gasteiger partial charge in [-0.05, 0) is 5.56 Å². The average molecular weight is 303 g/mol. The predicted octanol–water partition coefficient (Wildman–Crippen LogP) is 1.37. The first-order valence-electron chi connectivity index (χ1n) is 6.42. The van der Waals surface area contributed by atoms with Crippen LogP contribution >= 0.6 is 11.6 Å². The first-order chi connectivity index (χ1) is 9.12. The van der Waals surface area contributed by atoms with Gasteiger partial charge in [0.1, 0.15) is 0 Å². The Labute approximate surface area is 120 Å². The van der Waals surface area contributed by atoms with Crippen LogP contribution in [0.25, 0.3) is 0 Å². The highest BCUT2D eigenvalue weighted by molar-refractivity contribution is 7.88. The van der Waals surface area contributed by atoms with E-state index in [1.165, 1.54) is 0 Å². The third-order valence-electron chi connectivity index (χ3n) is 3.32. The van der Waals surface area contributed by atoms with Crippen molar-refractivity contribution in [3.63, 3.8) is 0 Å². The molecule has 0 radical (unpaired) electrons. The van der Waals surface area contributed by atoms with E-state index < -0.39 is 10.0 Å². The topological polar surface area (TPSA) is 40.6 Å². The van der Waals surface area contributed by atoms with Gasteiger partial charge in [0.05, 0.1) is 5.75 Å². The van der Waals surface area contributed by atoms with Crippen LogP contribution in [0, 0.1) is 0 Å². The van der Waals surface area contributed by atoms with E-state index in [2.05, 4.69) is 4.90 Å². The molecule has 1 heterocycles. The molecule has 19 heavy (non-hydrogen) atoms. The predicted molar refractivity (Wildman–Crippen MR) is 77.8 cm³/mol. The second kappa shape index (κ2) is 6.70. The molecule has 0 saturated carbocycles. The quantitative estimate of drug-likeness (QED) is 0.772. The van der Waals surface area contributed by atoms with Crippen molar-refractivity contribution in [2.45, 2.75) is 5.75 Å². The maximum absolute atomic E-state index is 12.3. The lowest BCUT2D eigenvalue weighted by Gasteiger charge is -2.33. The van der Waals surface area contributed by atoms with Gasteiger partial charge >= 0.3 is 0 Å². The minimum Gasteiger partial charge on any atom is -0.300 e. The van der Waals surface area contributed by atoms with Crippen LogP contribution in [0.4, 0.5) is 0 Å². The zero-order chi connectivity index (χ0) is 13.7. The largest absolute Gasteiger partial charge is 0.300 e. The molecule has 0 atom stereocenters. The normalized spacial score (nSPS) is 18.6. The average Bonchev–Trinajstić information content (AvgIpc) is 2.40. The van der Waals surface area contributed by atoms with Crippen LogP contribution < -0.4 is 0 Å². The lowest BCUT2D eigenvalue weighted by atomic mass is 10.2. The molecule has 1 fully saturated rings. The molecule has 2 rings (SSSR count). The van der Waals surface area contributed by atoms with Crippen molar-refractivity contribution < 1.29 is 8.42 Å². The molecule has 106 valence electrons. The fraction of sp³-hybridized carbons (Fsp3) is 0.538. The molecule has 0 spiro atoms. The van der Waals surface area contributed by atoms with Crippen LogP contribution in [-0.2, 0) is 15.8 Å².